The van der Waals surface area contributed by atoms with E-state index in [2.05, 4.69) is 44.0 Å². The zero-order valence-electron chi connectivity index (χ0n) is 12.1. The number of aromatic nitrogens is 4. The van der Waals surface area contributed by atoms with E-state index in [-0.39, 0.29) is 6.10 Å². The van der Waals surface area contributed by atoms with Gasteiger partial charge in [-0.1, -0.05) is 6.92 Å². The molecule has 1 aliphatic heterocycles. The molecule has 2 unspecified atom stereocenters. The van der Waals surface area contributed by atoms with Crippen molar-refractivity contribution in [3.63, 3.8) is 0 Å². The molecule has 0 saturated carbocycles. The van der Waals surface area contributed by atoms with Crippen molar-refractivity contribution in [2.75, 3.05) is 30.4 Å². The van der Waals surface area contributed by atoms with Crippen LogP contribution in [0.4, 0.5) is 11.8 Å². The summed E-state index contributed by atoms with van der Waals surface area (Å²) in [7, 11) is 1.82. The van der Waals surface area contributed by atoms with Gasteiger partial charge in [0.15, 0.2) is 11.5 Å². The number of H-pyrrole nitrogens is 1. The van der Waals surface area contributed by atoms with Crippen LogP contribution in [0.15, 0.2) is 6.33 Å². The molecule has 3 heterocycles. The molecular weight excluding hydrogens is 256 g/mol. The zero-order chi connectivity index (χ0) is 14.1. The van der Waals surface area contributed by atoms with Crippen LogP contribution in [0, 0.1) is 0 Å². The largest absolute Gasteiger partial charge is 0.375 e. The Kier molecular flexibility index (Phi) is 3.43. The first kappa shape index (κ1) is 13.1. The standard InChI is InChI=1S/C13H20N6O/c1-4-9-6-20-8(2)5-19(9)12-10-11(16-7-15-10)17-13(14-3)18-12/h7-9H,4-6H2,1-3H3,(H2,14,15,16,17,18). The number of ether oxygens (including phenoxy) is 1. The van der Waals surface area contributed by atoms with Gasteiger partial charge in [-0.3, -0.25) is 0 Å². The molecule has 1 fully saturated rings. The van der Waals surface area contributed by atoms with Gasteiger partial charge in [-0.05, 0) is 13.3 Å². The van der Waals surface area contributed by atoms with Crippen LogP contribution in [0.2, 0.25) is 0 Å². The van der Waals surface area contributed by atoms with Gasteiger partial charge in [-0.25, -0.2) is 4.98 Å². The fourth-order valence-electron chi connectivity index (χ4n) is 2.58. The highest BCUT2D eigenvalue weighted by Gasteiger charge is 2.29. The van der Waals surface area contributed by atoms with Gasteiger partial charge in [0, 0.05) is 13.6 Å². The third-order valence-electron chi connectivity index (χ3n) is 3.70. The molecule has 1 saturated heterocycles. The number of rotatable bonds is 3. The molecule has 108 valence electrons. The summed E-state index contributed by atoms with van der Waals surface area (Å²) in [5.74, 6) is 1.49. The summed E-state index contributed by atoms with van der Waals surface area (Å²) in [6, 6.07) is 0.331. The molecule has 2 aromatic heterocycles. The number of nitrogens with one attached hydrogen (secondary N) is 2. The predicted molar refractivity (Wildman–Crippen MR) is 78.1 cm³/mol. The Balaban J connectivity index is 2.08. The van der Waals surface area contributed by atoms with Gasteiger partial charge in [0.2, 0.25) is 5.95 Å². The Morgan fingerprint density at radius 2 is 2.35 bits per heavy atom. The Bertz CT molecular complexity index is 598. The SMILES string of the molecule is CCC1COC(C)CN1c1nc(NC)nc2nc[nH]c12. The lowest BCUT2D eigenvalue weighted by Crippen LogP contribution is -2.49. The summed E-state index contributed by atoms with van der Waals surface area (Å²) >= 11 is 0. The summed E-state index contributed by atoms with van der Waals surface area (Å²) in [5.41, 5.74) is 1.57. The fourth-order valence-corrected chi connectivity index (χ4v) is 2.58. The second-order valence-electron chi connectivity index (χ2n) is 5.08. The lowest BCUT2D eigenvalue weighted by atomic mass is 10.1. The number of fused-ring (bicyclic) bond motifs is 1. The van der Waals surface area contributed by atoms with E-state index in [1.165, 1.54) is 0 Å². The van der Waals surface area contributed by atoms with E-state index in [9.17, 15) is 0 Å². The molecule has 7 heteroatoms. The van der Waals surface area contributed by atoms with Crippen molar-refractivity contribution in [3.05, 3.63) is 6.33 Å². The van der Waals surface area contributed by atoms with Crippen LogP contribution in [0.25, 0.3) is 11.2 Å². The van der Waals surface area contributed by atoms with Crippen molar-refractivity contribution in [1.82, 2.24) is 19.9 Å². The van der Waals surface area contributed by atoms with Gasteiger partial charge in [-0.15, -0.1) is 0 Å². The van der Waals surface area contributed by atoms with Gasteiger partial charge in [-0.2, -0.15) is 9.97 Å². The average molecular weight is 276 g/mol. The van der Waals surface area contributed by atoms with E-state index >= 15 is 0 Å². The van der Waals surface area contributed by atoms with Crippen LogP contribution >= 0.6 is 0 Å². The van der Waals surface area contributed by atoms with E-state index < -0.39 is 0 Å². The molecule has 0 aromatic carbocycles. The third-order valence-corrected chi connectivity index (χ3v) is 3.70. The number of morpholine rings is 1. The smallest absolute Gasteiger partial charge is 0.226 e. The lowest BCUT2D eigenvalue weighted by Gasteiger charge is -2.39. The van der Waals surface area contributed by atoms with Crippen molar-refractivity contribution >= 4 is 22.9 Å². The molecule has 1 aliphatic rings. The summed E-state index contributed by atoms with van der Waals surface area (Å²) in [6.45, 7) is 5.81. The van der Waals surface area contributed by atoms with Crippen molar-refractivity contribution in [1.29, 1.82) is 0 Å². The summed E-state index contributed by atoms with van der Waals surface area (Å²) in [4.78, 5) is 18.7. The minimum absolute atomic E-state index is 0.198. The summed E-state index contributed by atoms with van der Waals surface area (Å²) < 4.78 is 5.76. The van der Waals surface area contributed by atoms with E-state index in [0.29, 0.717) is 17.6 Å². The first-order valence-electron chi connectivity index (χ1n) is 7.00. The maximum absolute atomic E-state index is 5.76. The highest BCUT2D eigenvalue weighted by atomic mass is 16.5. The van der Waals surface area contributed by atoms with Crippen LogP contribution in [-0.4, -0.2) is 52.3 Å². The normalized spacial score (nSPS) is 23.2. The van der Waals surface area contributed by atoms with Gasteiger partial charge < -0.3 is 19.9 Å². The highest BCUT2D eigenvalue weighted by Crippen LogP contribution is 2.27. The van der Waals surface area contributed by atoms with Crippen molar-refractivity contribution in [2.45, 2.75) is 32.4 Å². The molecular formula is C13H20N6O. The molecule has 2 atom stereocenters. The van der Waals surface area contributed by atoms with E-state index in [1.54, 1.807) is 6.33 Å². The quantitative estimate of drug-likeness (QED) is 0.882. The molecule has 3 rings (SSSR count). The Labute approximate surface area is 117 Å². The van der Waals surface area contributed by atoms with Crippen LogP contribution in [-0.2, 0) is 4.74 Å². The number of imidazole rings is 1. The monoisotopic (exact) mass is 276 g/mol. The lowest BCUT2D eigenvalue weighted by molar-refractivity contribution is 0.0297. The van der Waals surface area contributed by atoms with E-state index in [1.807, 2.05) is 7.05 Å². The molecule has 2 aromatic rings. The first-order chi connectivity index (χ1) is 9.72. The average Bonchev–Trinajstić information content (AvgIpc) is 2.94. The van der Waals surface area contributed by atoms with Gasteiger partial charge >= 0.3 is 0 Å². The number of hydrogen-bond acceptors (Lipinski definition) is 6. The zero-order valence-corrected chi connectivity index (χ0v) is 12.1. The van der Waals surface area contributed by atoms with Crippen molar-refractivity contribution in [2.24, 2.45) is 0 Å². The van der Waals surface area contributed by atoms with E-state index in [4.69, 9.17) is 4.74 Å². The highest BCUT2D eigenvalue weighted by molar-refractivity contribution is 5.84. The van der Waals surface area contributed by atoms with Crippen LogP contribution in [0.3, 0.4) is 0 Å². The minimum Gasteiger partial charge on any atom is -0.375 e. The van der Waals surface area contributed by atoms with E-state index in [0.717, 1.165) is 30.9 Å². The fraction of sp³-hybridized carbons (Fsp3) is 0.615. The Morgan fingerprint density at radius 1 is 1.50 bits per heavy atom. The molecule has 0 radical (unpaired) electrons. The molecule has 0 aliphatic carbocycles. The molecule has 0 amide bonds. The number of nitrogens with zero attached hydrogens (tertiary/aromatic N) is 4. The molecule has 2 N–H and O–H groups in total. The molecule has 0 spiro atoms. The van der Waals surface area contributed by atoms with Crippen LogP contribution < -0.4 is 10.2 Å². The minimum atomic E-state index is 0.198. The molecule has 20 heavy (non-hydrogen) atoms. The predicted octanol–water partition coefficient (Wildman–Crippen LogP) is 1.40. The third kappa shape index (κ3) is 2.18. The maximum atomic E-state index is 5.76. The second-order valence-corrected chi connectivity index (χ2v) is 5.08. The van der Waals surface area contributed by atoms with Crippen molar-refractivity contribution < 1.29 is 4.74 Å². The van der Waals surface area contributed by atoms with Crippen molar-refractivity contribution in [3.8, 4) is 0 Å². The van der Waals surface area contributed by atoms with Gasteiger partial charge in [0.05, 0.1) is 25.1 Å². The van der Waals surface area contributed by atoms with Crippen LogP contribution in [0.5, 0.6) is 0 Å². The number of aromatic amines is 1. The molecule has 7 nitrogen and oxygen atoms in total. The first-order valence-corrected chi connectivity index (χ1v) is 7.00. The Hall–Kier alpha value is -1.89. The molecule has 0 bridgehead atoms. The van der Waals surface area contributed by atoms with Crippen LogP contribution in [0.1, 0.15) is 20.3 Å². The number of anilines is 2. The maximum Gasteiger partial charge on any atom is 0.226 e. The van der Waals surface area contributed by atoms with Gasteiger partial charge in [0.25, 0.3) is 0 Å². The summed E-state index contributed by atoms with van der Waals surface area (Å²) in [5, 5.41) is 3.00. The second kappa shape index (κ2) is 5.24. The topological polar surface area (TPSA) is 79.0 Å². The Morgan fingerprint density at radius 3 is 3.10 bits per heavy atom. The number of hydrogen-bond donors (Lipinski definition) is 2. The van der Waals surface area contributed by atoms with Gasteiger partial charge in [0.1, 0.15) is 5.52 Å². The summed E-state index contributed by atoms with van der Waals surface area (Å²) in [6.07, 6.45) is 2.87.